The van der Waals surface area contributed by atoms with Gasteiger partial charge in [-0.3, -0.25) is 19.7 Å². The van der Waals surface area contributed by atoms with Gasteiger partial charge in [0.15, 0.2) is 5.12 Å². The van der Waals surface area contributed by atoms with Gasteiger partial charge in [0, 0.05) is 37.7 Å². The molecule has 0 bridgehead atoms. The van der Waals surface area contributed by atoms with Crippen LogP contribution in [0.4, 0.5) is 11.4 Å². The monoisotopic (exact) mass is 306 g/mol. The molecule has 1 aromatic rings. The van der Waals surface area contributed by atoms with E-state index >= 15 is 0 Å². The summed E-state index contributed by atoms with van der Waals surface area (Å²) in [6.45, 7) is 2.77. The molecule has 0 saturated carbocycles. The molecule has 0 heterocycles. The first-order valence-corrected chi connectivity index (χ1v) is 7.07. The fraction of sp³-hybridized carbons (Fsp3) is 0.286. The molecule has 0 spiro atoms. The summed E-state index contributed by atoms with van der Waals surface area (Å²) < 4.78 is 0. The van der Waals surface area contributed by atoms with Gasteiger partial charge in [-0.1, -0.05) is 23.6 Å². The zero-order chi connectivity index (χ0) is 15.8. The van der Waals surface area contributed by atoms with E-state index in [4.69, 9.17) is 0 Å². The van der Waals surface area contributed by atoms with E-state index in [2.05, 4.69) is 17.2 Å². The highest BCUT2D eigenvalue weighted by Gasteiger charge is 2.14. The van der Waals surface area contributed by atoms with E-state index < -0.39 is 4.92 Å². The molecule has 1 N–H and O–H groups in total. The van der Waals surface area contributed by atoms with Crippen LogP contribution in [0.5, 0.6) is 0 Å². The van der Waals surface area contributed by atoms with Gasteiger partial charge in [0.2, 0.25) is 5.91 Å². The minimum atomic E-state index is -0.567. The summed E-state index contributed by atoms with van der Waals surface area (Å²) in [5.41, 5.74) is 0.434. The first-order valence-electron chi connectivity index (χ1n) is 6.08. The first kappa shape index (κ1) is 16.7. The molecule has 110 valence electrons. The first-order chi connectivity index (χ1) is 9.90. The Hall–Kier alpha value is -2.33. The van der Waals surface area contributed by atoms with Crippen molar-refractivity contribution in [2.24, 2.45) is 0 Å². The standard InChI is InChI=1S/C14H14N2O4S/c1-10(17)15-13-7-6-12(9-14(13)16(19)20)5-3-4-8-21-11(2)18/h6-7,9H,4,8H2,1-2H3,(H,15,17). The highest BCUT2D eigenvalue weighted by Crippen LogP contribution is 2.25. The second-order valence-corrected chi connectivity index (χ2v) is 5.33. The van der Waals surface area contributed by atoms with Gasteiger partial charge in [-0.25, -0.2) is 0 Å². The van der Waals surface area contributed by atoms with Crippen molar-refractivity contribution >= 4 is 34.2 Å². The lowest BCUT2D eigenvalue weighted by Gasteiger charge is -2.03. The number of hydrogen-bond donors (Lipinski definition) is 1. The van der Waals surface area contributed by atoms with Crippen LogP contribution in [0, 0.1) is 22.0 Å². The van der Waals surface area contributed by atoms with Crippen molar-refractivity contribution in [3.8, 4) is 11.8 Å². The highest BCUT2D eigenvalue weighted by atomic mass is 32.2. The van der Waals surface area contributed by atoms with Crippen molar-refractivity contribution in [3.05, 3.63) is 33.9 Å². The predicted molar refractivity (Wildman–Crippen MR) is 82.0 cm³/mol. The largest absolute Gasteiger partial charge is 0.321 e. The van der Waals surface area contributed by atoms with E-state index in [1.807, 2.05) is 0 Å². The number of benzene rings is 1. The number of carbonyl (C=O) groups is 2. The average Bonchev–Trinajstić information content (AvgIpc) is 2.38. The molecule has 0 aliphatic rings. The second kappa shape index (κ2) is 8.07. The molecule has 0 fully saturated rings. The lowest BCUT2D eigenvalue weighted by atomic mass is 10.1. The summed E-state index contributed by atoms with van der Waals surface area (Å²) in [5, 5.41) is 13.4. The van der Waals surface area contributed by atoms with E-state index in [0.29, 0.717) is 17.7 Å². The van der Waals surface area contributed by atoms with Crippen molar-refractivity contribution in [1.82, 2.24) is 0 Å². The minimum absolute atomic E-state index is 0.0343. The van der Waals surface area contributed by atoms with Crippen LogP contribution in [0.1, 0.15) is 25.8 Å². The van der Waals surface area contributed by atoms with E-state index in [-0.39, 0.29) is 22.4 Å². The van der Waals surface area contributed by atoms with Crippen LogP contribution < -0.4 is 5.32 Å². The van der Waals surface area contributed by atoms with Gasteiger partial charge in [0.25, 0.3) is 5.69 Å². The number of rotatable bonds is 4. The number of nitro benzene ring substituents is 1. The highest BCUT2D eigenvalue weighted by molar-refractivity contribution is 8.13. The summed E-state index contributed by atoms with van der Waals surface area (Å²) in [5.74, 6) is 5.87. The Labute approximate surface area is 126 Å². The number of carbonyl (C=O) groups excluding carboxylic acids is 2. The topological polar surface area (TPSA) is 89.3 Å². The molecule has 7 heteroatoms. The van der Waals surface area contributed by atoms with Crippen LogP contribution in [0.2, 0.25) is 0 Å². The van der Waals surface area contributed by atoms with Crippen molar-refractivity contribution in [2.75, 3.05) is 11.1 Å². The van der Waals surface area contributed by atoms with Gasteiger partial charge in [-0.05, 0) is 12.1 Å². The molecule has 0 unspecified atom stereocenters. The average molecular weight is 306 g/mol. The number of thioether (sulfide) groups is 1. The molecule has 0 saturated heterocycles. The minimum Gasteiger partial charge on any atom is -0.321 e. The van der Waals surface area contributed by atoms with Crippen LogP contribution in [0.25, 0.3) is 0 Å². The van der Waals surface area contributed by atoms with Gasteiger partial charge >= 0.3 is 0 Å². The molecule has 6 nitrogen and oxygen atoms in total. The number of nitrogens with one attached hydrogen (secondary N) is 1. The number of anilines is 1. The maximum Gasteiger partial charge on any atom is 0.293 e. The third-order valence-corrected chi connectivity index (χ3v) is 3.09. The third kappa shape index (κ3) is 6.10. The van der Waals surface area contributed by atoms with Crippen LogP contribution in [0.15, 0.2) is 18.2 Å². The van der Waals surface area contributed by atoms with E-state index in [1.165, 1.54) is 37.7 Å². The lowest BCUT2D eigenvalue weighted by Crippen LogP contribution is -2.08. The molecule has 0 aromatic heterocycles. The van der Waals surface area contributed by atoms with E-state index in [1.54, 1.807) is 6.07 Å². The van der Waals surface area contributed by atoms with Crippen LogP contribution in [-0.2, 0) is 9.59 Å². The maximum atomic E-state index is 11.0. The summed E-state index contributed by atoms with van der Waals surface area (Å²) >= 11 is 1.19. The SMILES string of the molecule is CC(=O)Nc1ccc(C#CCCSC(C)=O)cc1[N+](=O)[O-]. The molecule has 1 rings (SSSR count). The number of amides is 1. The Bertz CT molecular complexity index is 632. The van der Waals surface area contributed by atoms with Gasteiger partial charge in [0.1, 0.15) is 5.69 Å². The Balaban J connectivity index is 2.83. The van der Waals surface area contributed by atoms with Crippen molar-refractivity contribution in [3.63, 3.8) is 0 Å². The van der Waals surface area contributed by atoms with Crippen molar-refractivity contribution in [2.45, 2.75) is 20.3 Å². The summed E-state index contributed by atoms with van der Waals surface area (Å²) in [6.07, 6.45) is 0.519. The summed E-state index contributed by atoms with van der Waals surface area (Å²) in [4.78, 5) is 32.1. The molecule has 0 radical (unpaired) electrons. The van der Waals surface area contributed by atoms with Gasteiger partial charge < -0.3 is 5.32 Å². The molecule has 0 aliphatic carbocycles. The predicted octanol–water partition coefficient (Wildman–Crippen LogP) is 2.57. The zero-order valence-electron chi connectivity index (χ0n) is 11.6. The van der Waals surface area contributed by atoms with Gasteiger partial charge in [-0.15, -0.1) is 0 Å². The molecular formula is C14H14N2O4S. The van der Waals surface area contributed by atoms with Crippen molar-refractivity contribution in [1.29, 1.82) is 0 Å². The van der Waals surface area contributed by atoms with Gasteiger partial charge in [0.05, 0.1) is 4.92 Å². The van der Waals surface area contributed by atoms with Crippen LogP contribution >= 0.6 is 11.8 Å². The molecule has 0 aliphatic heterocycles. The third-order valence-electron chi connectivity index (χ3n) is 2.27. The smallest absolute Gasteiger partial charge is 0.293 e. The van der Waals surface area contributed by atoms with Crippen LogP contribution in [0.3, 0.4) is 0 Å². The Morgan fingerprint density at radius 2 is 2.10 bits per heavy atom. The number of nitro groups is 1. The van der Waals surface area contributed by atoms with E-state index in [0.717, 1.165) is 0 Å². The molecule has 21 heavy (non-hydrogen) atoms. The molecule has 1 amide bonds. The Kier molecular flexibility index (Phi) is 6.43. The summed E-state index contributed by atoms with van der Waals surface area (Å²) in [7, 11) is 0. The van der Waals surface area contributed by atoms with E-state index in [9.17, 15) is 19.7 Å². The molecular weight excluding hydrogens is 292 g/mol. The summed E-state index contributed by atoms with van der Waals surface area (Å²) in [6, 6.07) is 4.37. The lowest BCUT2D eigenvalue weighted by molar-refractivity contribution is -0.383. The number of hydrogen-bond acceptors (Lipinski definition) is 5. The quantitative estimate of drug-likeness (QED) is 0.399. The van der Waals surface area contributed by atoms with Crippen LogP contribution in [-0.4, -0.2) is 21.7 Å². The fourth-order valence-corrected chi connectivity index (χ4v) is 1.96. The fourth-order valence-electron chi connectivity index (χ4n) is 1.47. The Morgan fingerprint density at radius 1 is 1.38 bits per heavy atom. The normalized spacial score (nSPS) is 9.43. The molecule has 1 aromatic carbocycles. The second-order valence-electron chi connectivity index (χ2n) is 4.06. The number of nitrogens with zero attached hydrogens (tertiary/aromatic N) is 1. The van der Waals surface area contributed by atoms with Crippen molar-refractivity contribution < 1.29 is 14.5 Å². The van der Waals surface area contributed by atoms with Gasteiger partial charge in [-0.2, -0.15) is 0 Å². The molecule has 0 atom stereocenters. The Morgan fingerprint density at radius 3 is 2.67 bits per heavy atom. The maximum absolute atomic E-state index is 11.0. The zero-order valence-corrected chi connectivity index (χ0v) is 12.5.